The average Bonchev–Trinajstić information content (AvgIpc) is 3.41. The number of alkyl carbamates (subject to hydrolysis) is 1. The summed E-state index contributed by atoms with van der Waals surface area (Å²) in [5.74, 6) is 0.117. The fourth-order valence-electron chi connectivity index (χ4n) is 4.33. The molecule has 4 rings (SSSR count). The zero-order valence-electron chi connectivity index (χ0n) is 28.4. The van der Waals surface area contributed by atoms with E-state index in [4.69, 9.17) is 14.6 Å². The maximum Gasteiger partial charge on any atom is 0.408 e. The van der Waals surface area contributed by atoms with Crippen LogP contribution in [0.4, 0.5) is 25.5 Å². The van der Waals surface area contributed by atoms with Crippen molar-refractivity contribution in [2.45, 2.75) is 79.0 Å². The number of aryl methyl sites for hydroxylation is 1. The number of hydrogen-bond donors (Lipinski definition) is 4. The van der Waals surface area contributed by atoms with Gasteiger partial charge in [-0.1, -0.05) is 32.9 Å². The molecule has 1 atom stereocenters. The van der Waals surface area contributed by atoms with E-state index in [0.29, 0.717) is 17.3 Å². The topological polar surface area (TPSA) is 148 Å². The summed E-state index contributed by atoms with van der Waals surface area (Å²) in [7, 11) is 0. The van der Waals surface area contributed by atoms with Gasteiger partial charge >= 0.3 is 12.1 Å². The number of halogens is 1. The number of benzene rings is 2. The Morgan fingerprint density at radius 1 is 0.917 bits per heavy atom. The van der Waals surface area contributed by atoms with Crippen LogP contribution in [-0.4, -0.2) is 44.4 Å². The fourth-order valence-corrected chi connectivity index (χ4v) is 4.33. The van der Waals surface area contributed by atoms with Crippen LogP contribution in [0.15, 0.2) is 66.9 Å². The molecule has 48 heavy (non-hydrogen) atoms. The smallest absolute Gasteiger partial charge is 0.408 e. The van der Waals surface area contributed by atoms with Crippen LogP contribution in [0.25, 0.3) is 5.69 Å². The molecule has 0 bridgehead atoms. The quantitative estimate of drug-likeness (QED) is 0.152. The lowest BCUT2D eigenvalue weighted by Gasteiger charge is -2.21. The number of hydrogen-bond acceptors (Lipinski definition) is 7. The molecular formula is C35H42FN7O5. The van der Waals surface area contributed by atoms with Crippen LogP contribution in [0.2, 0.25) is 0 Å². The summed E-state index contributed by atoms with van der Waals surface area (Å²) in [5.41, 5.74) is 1.89. The summed E-state index contributed by atoms with van der Waals surface area (Å²) in [4.78, 5) is 41.7. The van der Waals surface area contributed by atoms with Crippen molar-refractivity contribution in [2.24, 2.45) is 0 Å². The second-order valence-electron chi connectivity index (χ2n) is 13.3. The first-order chi connectivity index (χ1) is 22.5. The molecule has 0 saturated heterocycles. The molecule has 0 spiro atoms. The Kier molecular flexibility index (Phi) is 10.7. The van der Waals surface area contributed by atoms with Crippen molar-refractivity contribution in [3.8, 4) is 17.2 Å². The van der Waals surface area contributed by atoms with E-state index in [2.05, 4.69) is 26.3 Å². The highest BCUT2D eigenvalue weighted by atomic mass is 19.1. The fraction of sp³-hybridized carbons (Fsp3) is 0.343. The first-order valence-electron chi connectivity index (χ1n) is 15.4. The normalized spacial score (nSPS) is 12.1. The Morgan fingerprint density at radius 2 is 1.60 bits per heavy atom. The molecule has 254 valence electrons. The minimum absolute atomic E-state index is 0.0325. The highest BCUT2D eigenvalue weighted by Crippen LogP contribution is 2.28. The molecule has 2 aromatic heterocycles. The number of urea groups is 1. The predicted octanol–water partition coefficient (Wildman–Crippen LogP) is 6.98. The number of ether oxygens (including phenoxy) is 2. The molecule has 4 aromatic rings. The SMILES string of the molecule is Cc1cc(Oc2ccc(NC(=O)Nc3cc(C(C)(C)C)nn3-c3ccc(CNC(=O)[C@@H](C)NC(=O)OC(C)(C)C)cc3)c(F)c2)ccn1. The molecule has 12 nitrogen and oxygen atoms in total. The second kappa shape index (κ2) is 14.5. The third kappa shape index (κ3) is 10.0. The largest absolute Gasteiger partial charge is 0.457 e. The highest BCUT2D eigenvalue weighted by molar-refractivity contribution is 5.99. The van der Waals surface area contributed by atoms with Gasteiger partial charge in [-0.05, 0) is 70.5 Å². The van der Waals surface area contributed by atoms with Gasteiger partial charge in [-0.15, -0.1) is 0 Å². The number of rotatable bonds is 9. The number of nitrogens with zero attached hydrogens (tertiary/aromatic N) is 3. The van der Waals surface area contributed by atoms with E-state index < -0.39 is 29.6 Å². The number of pyridine rings is 1. The summed E-state index contributed by atoms with van der Waals surface area (Å²) < 4.78 is 27.4. The first-order valence-corrected chi connectivity index (χ1v) is 15.4. The minimum atomic E-state index is -0.796. The van der Waals surface area contributed by atoms with Crippen LogP contribution in [-0.2, 0) is 21.5 Å². The van der Waals surface area contributed by atoms with Gasteiger partial charge in [-0.25, -0.2) is 18.7 Å². The number of anilines is 2. The molecule has 0 aliphatic carbocycles. The van der Waals surface area contributed by atoms with Gasteiger partial charge in [0, 0.05) is 42.0 Å². The number of carbonyl (C=O) groups is 3. The predicted molar refractivity (Wildman–Crippen MR) is 181 cm³/mol. The van der Waals surface area contributed by atoms with Crippen molar-refractivity contribution in [1.29, 1.82) is 0 Å². The highest BCUT2D eigenvalue weighted by Gasteiger charge is 2.23. The molecule has 4 amide bonds. The molecule has 0 aliphatic rings. The molecule has 0 radical (unpaired) electrons. The molecular weight excluding hydrogens is 617 g/mol. The molecule has 2 heterocycles. The maximum atomic E-state index is 14.9. The maximum absolute atomic E-state index is 14.9. The van der Waals surface area contributed by atoms with Gasteiger partial charge in [0.25, 0.3) is 0 Å². The van der Waals surface area contributed by atoms with Gasteiger partial charge in [0.05, 0.1) is 17.1 Å². The van der Waals surface area contributed by atoms with E-state index in [-0.39, 0.29) is 29.3 Å². The van der Waals surface area contributed by atoms with Crippen LogP contribution in [0.3, 0.4) is 0 Å². The van der Waals surface area contributed by atoms with E-state index in [1.54, 1.807) is 75.0 Å². The van der Waals surface area contributed by atoms with Crippen LogP contribution in [0, 0.1) is 12.7 Å². The van der Waals surface area contributed by atoms with Gasteiger partial charge in [0.2, 0.25) is 5.91 Å². The lowest BCUT2D eigenvalue weighted by Crippen LogP contribution is -2.46. The van der Waals surface area contributed by atoms with Gasteiger partial charge in [-0.2, -0.15) is 5.10 Å². The zero-order chi connectivity index (χ0) is 35.2. The lowest BCUT2D eigenvalue weighted by molar-refractivity contribution is -0.122. The molecule has 4 N–H and O–H groups in total. The van der Waals surface area contributed by atoms with Crippen LogP contribution in [0.1, 0.15) is 65.4 Å². The van der Waals surface area contributed by atoms with Crippen molar-refractivity contribution >= 4 is 29.5 Å². The molecule has 13 heteroatoms. The molecule has 0 fully saturated rings. The Labute approximate surface area is 279 Å². The lowest BCUT2D eigenvalue weighted by atomic mass is 9.92. The van der Waals surface area contributed by atoms with Crippen molar-refractivity contribution in [3.05, 3.63) is 89.6 Å². The van der Waals surface area contributed by atoms with Crippen molar-refractivity contribution < 1.29 is 28.2 Å². The van der Waals surface area contributed by atoms with Gasteiger partial charge in [-0.3, -0.25) is 15.1 Å². The zero-order valence-corrected chi connectivity index (χ0v) is 28.4. The van der Waals surface area contributed by atoms with Gasteiger partial charge in [0.15, 0.2) is 0 Å². The summed E-state index contributed by atoms with van der Waals surface area (Å²) in [5, 5.41) is 15.4. The number of carbonyl (C=O) groups excluding carboxylic acids is 3. The number of aromatic nitrogens is 3. The van der Waals surface area contributed by atoms with E-state index >= 15 is 0 Å². The molecule has 0 saturated carbocycles. The monoisotopic (exact) mass is 659 g/mol. The summed E-state index contributed by atoms with van der Waals surface area (Å²) in [6, 6.07) is 15.1. The Bertz CT molecular complexity index is 1780. The standard InChI is InChI=1S/C35H42FN7O5/c1-21-17-26(15-16-37-21)47-25-13-14-28(27(36)18-25)40-32(45)41-30-19-29(34(3,4)5)42-43(30)24-11-9-23(10-12-24)20-38-31(44)22(2)39-33(46)48-35(6,7)8/h9-19,22H,20H2,1-8H3,(H,38,44)(H,39,46)(H2,40,41,45)/t22-/m1/s1. The Morgan fingerprint density at radius 3 is 2.23 bits per heavy atom. The minimum Gasteiger partial charge on any atom is -0.457 e. The summed E-state index contributed by atoms with van der Waals surface area (Å²) in [6.07, 6.45) is 0.924. The average molecular weight is 660 g/mol. The first kappa shape index (κ1) is 35.4. The van der Waals surface area contributed by atoms with Crippen molar-refractivity contribution in [3.63, 3.8) is 0 Å². The Balaban J connectivity index is 1.42. The van der Waals surface area contributed by atoms with E-state index in [1.165, 1.54) is 12.1 Å². The third-order valence-corrected chi connectivity index (χ3v) is 6.79. The molecule has 0 unspecified atom stereocenters. The van der Waals surface area contributed by atoms with Gasteiger partial charge < -0.3 is 25.4 Å². The number of nitrogens with one attached hydrogen (secondary N) is 4. The van der Waals surface area contributed by atoms with Crippen LogP contribution >= 0.6 is 0 Å². The van der Waals surface area contributed by atoms with E-state index in [0.717, 1.165) is 17.0 Å². The Hall–Kier alpha value is -5.46. The molecule has 2 aromatic carbocycles. The van der Waals surface area contributed by atoms with Crippen LogP contribution < -0.4 is 26.0 Å². The van der Waals surface area contributed by atoms with E-state index in [9.17, 15) is 18.8 Å². The van der Waals surface area contributed by atoms with Gasteiger partial charge in [0.1, 0.15) is 34.8 Å². The van der Waals surface area contributed by atoms with Crippen molar-refractivity contribution in [2.75, 3.05) is 10.6 Å². The third-order valence-electron chi connectivity index (χ3n) is 6.79. The van der Waals surface area contributed by atoms with E-state index in [1.807, 2.05) is 39.8 Å². The number of amides is 4. The summed E-state index contributed by atoms with van der Waals surface area (Å²) in [6.45, 7) is 14.8. The van der Waals surface area contributed by atoms with Crippen LogP contribution in [0.5, 0.6) is 11.5 Å². The second-order valence-corrected chi connectivity index (χ2v) is 13.3. The summed E-state index contributed by atoms with van der Waals surface area (Å²) >= 11 is 0. The molecule has 0 aliphatic heterocycles. The van der Waals surface area contributed by atoms with Crippen molar-refractivity contribution in [1.82, 2.24) is 25.4 Å².